The van der Waals surface area contributed by atoms with Crippen molar-refractivity contribution in [3.8, 4) is 0 Å². The number of phosphoric ester groups is 1. The molecule has 0 fully saturated rings. The van der Waals surface area contributed by atoms with E-state index in [1.165, 1.54) is 116 Å². The van der Waals surface area contributed by atoms with Gasteiger partial charge in [0, 0.05) is 19.4 Å². The number of rotatable bonds is 40. The predicted molar refractivity (Wildman–Crippen MR) is 211 cm³/mol. The molecule has 0 spiro atoms. The average molecular weight is 746 g/mol. The van der Waals surface area contributed by atoms with Crippen LogP contribution in [0.25, 0.3) is 0 Å². The number of nitrogens with two attached hydrogens (primary N) is 1. The second-order valence-electron chi connectivity index (χ2n) is 14.2. The van der Waals surface area contributed by atoms with E-state index in [1.807, 2.05) is 0 Å². The normalized spacial score (nSPS) is 13.4. The molecule has 0 heterocycles. The lowest BCUT2D eigenvalue weighted by Gasteiger charge is -2.19. The first-order chi connectivity index (χ1) is 24.8. The van der Waals surface area contributed by atoms with Crippen molar-refractivity contribution in [1.82, 2.24) is 0 Å². The van der Waals surface area contributed by atoms with Gasteiger partial charge in [-0.1, -0.05) is 174 Å². The Balaban J connectivity index is 4.09. The zero-order valence-corrected chi connectivity index (χ0v) is 34.0. The maximum Gasteiger partial charge on any atom is 0.472 e. The third-order valence-electron chi connectivity index (χ3n) is 9.15. The van der Waals surface area contributed by atoms with Crippen molar-refractivity contribution in [2.75, 3.05) is 26.4 Å². The Morgan fingerprint density at radius 2 is 0.980 bits per heavy atom. The minimum Gasteiger partial charge on any atom is -0.462 e. The van der Waals surface area contributed by atoms with Crippen LogP contribution in [0.1, 0.15) is 206 Å². The molecule has 10 heteroatoms. The van der Waals surface area contributed by atoms with Crippen LogP contribution in [0, 0.1) is 0 Å². The lowest BCUT2D eigenvalue weighted by Crippen LogP contribution is -2.29. The van der Waals surface area contributed by atoms with Crippen molar-refractivity contribution >= 4 is 19.8 Å². The molecule has 0 aliphatic rings. The molecule has 3 N–H and O–H groups in total. The highest BCUT2D eigenvalue weighted by molar-refractivity contribution is 7.47. The molecule has 0 aromatic heterocycles. The quantitative estimate of drug-likeness (QED) is 0.0272. The summed E-state index contributed by atoms with van der Waals surface area (Å²) >= 11 is 0. The molecule has 51 heavy (non-hydrogen) atoms. The Bertz CT molecular complexity index is 856. The van der Waals surface area contributed by atoms with E-state index in [2.05, 4.69) is 26.0 Å². The average Bonchev–Trinajstić information content (AvgIpc) is 3.11. The predicted octanol–water partition coefficient (Wildman–Crippen LogP) is 11.8. The number of allylic oxidation sites excluding steroid dienone is 2. The monoisotopic (exact) mass is 746 g/mol. The summed E-state index contributed by atoms with van der Waals surface area (Å²) in [6.45, 7) is 3.70. The van der Waals surface area contributed by atoms with Crippen molar-refractivity contribution < 1.29 is 37.6 Å². The van der Waals surface area contributed by atoms with E-state index < -0.39 is 26.5 Å². The number of carbonyl (C=O) groups is 2. The summed E-state index contributed by atoms with van der Waals surface area (Å²) in [5.41, 5.74) is 5.34. The first-order valence-electron chi connectivity index (χ1n) is 21.2. The van der Waals surface area contributed by atoms with Crippen LogP contribution in [-0.2, 0) is 32.7 Å². The molecule has 1 unspecified atom stereocenters. The summed E-state index contributed by atoms with van der Waals surface area (Å²) in [7, 11) is -4.37. The van der Waals surface area contributed by atoms with Crippen LogP contribution in [0.15, 0.2) is 12.2 Å². The summed E-state index contributed by atoms with van der Waals surface area (Å²) in [5, 5.41) is 0. The highest BCUT2D eigenvalue weighted by Gasteiger charge is 2.26. The van der Waals surface area contributed by atoms with Crippen molar-refractivity contribution in [3.63, 3.8) is 0 Å². The minimum absolute atomic E-state index is 0.0550. The maximum absolute atomic E-state index is 12.6. The lowest BCUT2D eigenvalue weighted by atomic mass is 10.0. The van der Waals surface area contributed by atoms with E-state index in [-0.39, 0.29) is 38.6 Å². The van der Waals surface area contributed by atoms with Crippen LogP contribution in [0.4, 0.5) is 0 Å². The van der Waals surface area contributed by atoms with Crippen molar-refractivity contribution in [2.45, 2.75) is 213 Å². The third kappa shape index (κ3) is 38.3. The van der Waals surface area contributed by atoms with E-state index in [0.29, 0.717) is 6.42 Å². The minimum atomic E-state index is -4.37. The van der Waals surface area contributed by atoms with Gasteiger partial charge in [0.15, 0.2) is 6.10 Å². The molecule has 0 saturated carbocycles. The van der Waals surface area contributed by atoms with Gasteiger partial charge in [-0.25, -0.2) is 4.57 Å². The second kappa shape index (κ2) is 38.5. The van der Waals surface area contributed by atoms with Gasteiger partial charge in [-0.2, -0.15) is 0 Å². The molecular formula is C41H80NO8P. The molecule has 0 saturated heterocycles. The molecule has 0 bridgehead atoms. The number of esters is 2. The van der Waals surface area contributed by atoms with Gasteiger partial charge in [0.2, 0.25) is 0 Å². The molecule has 0 aromatic rings. The van der Waals surface area contributed by atoms with Gasteiger partial charge in [0.25, 0.3) is 0 Å². The van der Waals surface area contributed by atoms with Crippen LogP contribution in [0.3, 0.4) is 0 Å². The van der Waals surface area contributed by atoms with Gasteiger partial charge < -0.3 is 20.1 Å². The van der Waals surface area contributed by atoms with Gasteiger partial charge in [0.1, 0.15) is 6.61 Å². The number of hydrogen-bond acceptors (Lipinski definition) is 8. The summed E-state index contributed by atoms with van der Waals surface area (Å²) < 4.78 is 32.7. The molecule has 0 aliphatic carbocycles. The molecule has 0 radical (unpaired) electrons. The Hall–Kier alpha value is -1.25. The molecule has 302 valence electrons. The Labute approximate surface area is 313 Å². The highest BCUT2D eigenvalue weighted by atomic mass is 31.2. The van der Waals surface area contributed by atoms with Gasteiger partial charge in [-0.15, -0.1) is 0 Å². The summed E-state index contributed by atoms with van der Waals surface area (Å²) in [6, 6.07) is 0. The number of carbonyl (C=O) groups excluding carboxylic acids is 2. The zero-order valence-electron chi connectivity index (χ0n) is 33.1. The van der Waals surface area contributed by atoms with E-state index in [1.54, 1.807) is 0 Å². The van der Waals surface area contributed by atoms with Crippen molar-refractivity contribution in [3.05, 3.63) is 12.2 Å². The summed E-state index contributed by atoms with van der Waals surface area (Å²) in [5.74, 6) is -0.831. The number of ether oxygens (including phenoxy) is 2. The summed E-state index contributed by atoms with van der Waals surface area (Å²) in [6.07, 6.45) is 38.2. The molecule has 2 atom stereocenters. The van der Waals surface area contributed by atoms with Gasteiger partial charge in [-0.3, -0.25) is 18.6 Å². The Morgan fingerprint density at radius 1 is 0.569 bits per heavy atom. The molecule has 0 aliphatic heterocycles. The van der Waals surface area contributed by atoms with E-state index in [4.69, 9.17) is 24.3 Å². The van der Waals surface area contributed by atoms with Crippen LogP contribution in [0.2, 0.25) is 0 Å². The molecule has 0 amide bonds. The van der Waals surface area contributed by atoms with E-state index in [9.17, 15) is 19.0 Å². The molecule has 0 aromatic carbocycles. The lowest BCUT2D eigenvalue weighted by molar-refractivity contribution is -0.161. The van der Waals surface area contributed by atoms with Gasteiger partial charge in [-0.05, 0) is 32.1 Å². The SMILES string of the molecule is CCCCC=CCCCCCCCC(=O)OC[C@H](COP(=O)(O)OCCN)OC(=O)CCCCCCCCCCCCCCCCCCCCC. The highest BCUT2D eigenvalue weighted by Crippen LogP contribution is 2.43. The number of unbranched alkanes of at least 4 members (excludes halogenated alkanes) is 25. The zero-order chi connectivity index (χ0) is 37.5. The van der Waals surface area contributed by atoms with Crippen LogP contribution in [-0.4, -0.2) is 49.3 Å². The van der Waals surface area contributed by atoms with Gasteiger partial charge in [0.05, 0.1) is 13.2 Å². The smallest absolute Gasteiger partial charge is 0.462 e. The third-order valence-corrected chi connectivity index (χ3v) is 10.1. The molecule has 0 rings (SSSR count). The fourth-order valence-electron chi connectivity index (χ4n) is 5.97. The van der Waals surface area contributed by atoms with Crippen LogP contribution >= 0.6 is 7.82 Å². The summed E-state index contributed by atoms with van der Waals surface area (Å²) in [4.78, 5) is 34.8. The number of hydrogen-bond donors (Lipinski definition) is 2. The van der Waals surface area contributed by atoms with Crippen LogP contribution < -0.4 is 5.73 Å². The van der Waals surface area contributed by atoms with E-state index >= 15 is 0 Å². The first kappa shape index (κ1) is 49.8. The number of phosphoric acid groups is 1. The Morgan fingerprint density at radius 3 is 1.45 bits per heavy atom. The fourth-order valence-corrected chi connectivity index (χ4v) is 6.73. The van der Waals surface area contributed by atoms with Gasteiger partial charge >= 0.3 is 19.8 Å². The molecule has 9 nitrogen and oxygen atoms in total. The standard InChI is InChI=1S/C41H80NO8P/c1-3-5-7-9-11-13-15-16-17-18-19-20-21-22-24-26-28-30-32-34-41(44)50-39(38-49-51(45,46)48-36-35-42)37-47-40(43)33-31-29-27-25-23-14-12-10-8-6-4-2/h10,12,39H,3-9,11,13-38,42H2,1-2H3,(H,45,46)/t39-/m1/s1. The maximum atomic E-state index is 12.6. The Kier molecular flexibility index (Phi) is 37.5. The first-order valence-corrected chi connectivity index (χ1v) is 22.7. The van der Waals surface area contributed by atoms with Crippen molar-refractivity contribution in [1.29, 1.82) is 0 Å². The van der Waals surface area contributed by atoms with Crippen molar-refractivity contribution in [2.24, 2.45) is 5.73 Å². The largest absolute Gasteiger partial charge is 0.472 e. The fraction of sp³-hybridized carbons (Fsp3) is 0.902. The molecular weight excluding hydrogens is 665 g/mol. The van der Waals surface area contributed by atoms with Crippen LogP contribution in [0.5, 0.6) is 0 Å². The second-order valence-corrected chi connectivity index (χ2v) is 15.7. The van der Waals surface area contributed by atoms with E-state index in [0.717, 1.165) is 57.8 Å². The topological polar surface area (TPSA) is 134 Å².